The number of nitrogens with two attached hydrogens (primary N) is 1. The number of hydrogen-bond acceptors (Lipinski definition) is 6. The quantitative estimate of drug-likeness (QED) is 0.634. The summed E-state index contributed by atoms with van der Waals surface area (Å²) in [5, 5.41) is 3.42. The van der Waals surface area contributed by atoms with Gasteiger partial charge in [0.05, 0.1) is 12.1 Å². The zero-order chi connectivity index (χ0) is 23.6. The molecule has 11 heteroatoms. The van der Waals surface area contributed by atoms with Crippen LogP contribution in [0.15, 0.2) is 24.3 Å². The number of primary amides is 1. The van der Waals surface area contributed by atoms with Crippen molar-refractivity contribution in [3.05, 3.63) is 45.8 Å². The van der Waals surface area contributed by atoms with Gasteiger partial charge in [0.15, 0.2) is 0 Å². The lowest BCUT2D eigenvalue weighted by Crippen LogP contribution is -2.48. The number of alkyl halides is 3. The number of piperazine rings is 1. The number of halogens is 3. The molecule has 1 fully saturated rings. The van der Waals surface area contributed by atoms with E-state index in [2.05, 4.69) is 15.0 Å². The molecule has 2 amide bonds. The van der Waals surface area contributed by atoms with Crippen molar-refractivity contribution >= 4 is 28.2 Å². The average Bonchev–Trinajstić information content (AvgIpc) is 3.30. The van der Waals surface area contributed by atoms with E-state index in [4.69, 9.17) is 5.73 Å². The van der Waals surface area contributed by atoms with E-state index in [-0.39, 0.29) is 18.2 Å². The molecule has 1 aromatic heterocycles. The lowest BCUT2D eigenvalue weighted by atomic mass is 10.1. The minimum Gasteiger partial charge on any atom is -0.406 e. The van der Waals surface area contributed by atoms with Gasteiger partial charge >= 0.3 is 6.36 Å². The highest BCUT2D eigenvalue weighted by atomic mass is 32.1. The molecule has 2 heterocycles. The van der Waals surface area contributed by atoms with E-state index in [0.717, 1.165) is 48.4 Å². The van der Waals surface area contributed by atoms with E-state index < -0.39 is 12.3 Å². The summed E-state index contributed by atoms with van der Waals surface area (Å²) >= 11 is 1.44. The molecule has 33 heavy (non-hydrogen) atoms. The molecule has 0 radical (unpaired) electrons. The first kappa shape index (κ1) is 23.5. The number of benzene rings is 1. The number of amides is 2. The van der Waals surface area contributed by atoms with E-state index in [1.54, 1.807) is 12.1 Å². The van der Waals surface area contributed by atoms with Crippen molar-refractivity contribution in [3.8, 4) is 5.75 Å². The molecule has 1 saturated heterocycles. The van der Waals surface area contributed by atoms with Crippen molar-refractivity contribution in [1.29, 1.82) is 0 Å². The molecule has 0 bridgehead atoms. The predicted molar refractivity (Wildman–Crippen MR) is 118 cm³/mol. The number of rotatable bonds is 7. The summed E-state index contributed by atoms with van der Waals surface area (Å²) in [6, 6.07) is 5.86. The monoisotopic (exact) mass is 482 g/mol. The van der Waals surface area contributed by atoms with E-state index >= 15 is 0 Å². The summed E-state index contributed by atoms with van der Waals surface area (Å²) in [5.41, 5.74) is 7.88. The van der Waals surface area contributed by atoms with Gasteiger partial charge in [-0.3, -0.25) is 19.4 Å². The number of hydrogen-bond donors (Lipinski definition) is 2. The first-order valence-electron chi connectivity index (χ1n) is 10.7. The Labute approximate surface area is 193 Å². The Morgan fingerprint density at radius 1 is 1.06 bits per heavy atom. The lowest BCUT2D eigenvalue weighted by molar-refractivity contribution is -0.274. The average molecular weight is 483 g/mol. The fraction of sp³-hybridized carbons (Fsp3) is 0.455. The van der Waals surface area contributed by atoms with E-state index in [0.29, 0.717) is 30.2 Å². The van der Waals surface area contributed by atoms with Crippen LogP contribution in [0.3, 0.4) is 0 Å². The van der Waals surface area contributed by atoms with Crippen molar-refractivity contribution in [3.63, 3.8) is 0 Å². The van der Waals surface area contributed by atoms with Crippen LogP contribution in [0.1, 0.15) is 32.8 Å². The lowest BCUT2D eigenvalue weighted by Gasteiger charge is -2.34. The summed E-state index contributed by atoms with van der Waals surface area (Å²) in [6.45, 7) is 3.66. The highest BCUT2D eigenvalue weighted by Crippen LogP contribution is 2.38. The van der Waals surface area contributed by atoms with Crippen LogP contribution in [0.25, 0.3) is 0 Å². The Bertz CT molecular complexity index is 1020. The maximum Gasteiger partial charge on any atom is 0.573 e. The van der Waals surface area contributed by atoms with Gasteiger partial charge in [0.1, 0.15) is 10.8 Å². The largest absolute Gasteiger partial charge is 0.573 e. The summed E-state index contributed by atoms with van der Waals surface area (Å²) < 4.78 is 40.7. The zero-order valence-electron chi connectivity index (χ0n) is 17.9. The molecular weight excluding hydrogens is 457 g/mol. The molecule has 0 unspecified atom stereocenters. The Kier molecular flexibility index (Phi) is 6.91. The van der Waals surface area contributed by atoms with Gasteiger partial charge in [0.25, 0.3) is 5.91 Å². The van der Waals surface area contributed by atoms with Crippen molar-refractivity contribution in [2.75, 3.05) is 38.0 Å². The van der Waals surface area contributed by atoms with Crippen LogP contribution >= 0.6 is 11.3 Å². The second-order valence-electron chi connectivity index (χ2n) is 8.22. The number of nitrogens with one attached hydrogen (secondary N) is 1. The normalized spacial score (nSPS) is 17.1. The summed E-state index contributed by atoms with van der Waals surface area (Å²) in [7, 11) is 0. The molecule has 0 spiro atoms. The van der Waals surface area contributed by atoms with Crippen LogP contribution in [0.5, 0.6) is 5.75 Å². The molecule has 178 valence electrons. The second kappa shape index (κ2) is 9.70. The third-order valence-electron chi connectivity index (χ3n) is 5.82. The molecule has 2 aliphatic rings. The van der Waals surface area contributed by atoms with Crippen molar-refractivity contribution in [2.45, 2.75) is 32.2 Å². The Balaban J connectivity index is 1.24. The SMILES string of the molecule is NC(=O)c1c(NC(=O)CN2CCN(Cc3ccc(OC(F)(F)F)cc3)CC2)sc2c1CCC2. The maximum atomic E-state index is 12.6. The standard InChI is InChI=1S/C22H25F3N4O3S/c23-22(24,25)32-15-6-4-14(5-7-15)12-28-8-10-29(11-9-28)13-18(30)27-21-19(20(26)31)16-2-1-3-17(16)33-21/h4-7H,1-3,8-13H2,(H2,26,31)(H,27,30). The topological polar surface area (TPSA) is 87.9 Å². The maximum absolute atomic E-state index is 12.6. The van der Waals surface area contributed by atoms with Crippen molar-refractivity contribution < 1.29 is 27.5 Å². The molecule has 3 N–H and O–H groups in total. The summed E-state index contributed by atoms with van der Waals surface area (Å²) in [4.78, 5) is 29.8. The second-order valence-corrected chi connectivity index (χ2v) is 9.32. The van der Waals surface area contributed by atoms with E-state index in [1.165, 1.54) is 23.5 Å². The van der Waals surface area contributed by atoms with Crippen LogP contribution in [0.2, 0.25) is 0 Å². The highest BCUT2D eigenvalue weighted by molar-refractivity contribution is 7.17. The first-order valence-corrected chi connectivity index (χ1v) is 11.5. The molecule has 1 aromatic carbocycles. The van der Waals surface area contributed by atoms with Crippen molar-refractivity contribution in [1.82, 2.24) is 9.80 Å². The van der Waals surface area contributed by atoms with Gasteiger partial charge in [-0.1, -0.05) is 12.1 Å². The molecule has 1 aliphatic heterocycles. The molecule has 4 rings (SSSR count). The van der Waals surface area contributed by atoms with Crippen LogP contribution in [-0.2, 0) is 24.2 Å². The van der Waals surface area contributed by atoms with Gasteiger partial charge in [0.2, 0.25) is 5.91 Å². The van der Waals surface area contributed by atoms with Gasteiger partial charge in [-0.15, -0.1) is 24.5 Å². The van der Waals surface area contributed by atoms with E-state index in [9.17, 15) is 22.8 Å². The Hall–Kier alpha value is -2.63. The van der Waals surface area contributed by atoms with Gasteiger partial charge in [-0.05, 0) is 42.5 Å². The van der Waals surface area contributed by atoms with Crippen LogP contribution < -0.4 is 15.8 Å². The number of anilines is 1. The summed E-state index contributed by atoms with van der Waals surface area (Å²) in [6.07, 6.45) is -1.96. The number of ether oxygens (including phenoxy) is 1. The Morgan fingerprint density at radius 3 is 2.36 bits per heavy atom. The zero-order valence-corrected chi connectivity index (χ0v) is 18.7. The molecule has 1 aliphatic carbocycles. The highest BCUT2D eigenvalue weighted by Gasteiger charge is 2.31. The molecule has 2 aromatic rings. The van der Waals surface area contributed by atoms with Crippen LogP contribution in [0.4, 0.5) is 18.2 Å². The van der Waals surface area contributed by atoms with Gasteiger partial charge in [-0.2, -0.15) is 0 Å². The number of thiophene rings is 1. The first-order chi connectivity index (χ1) is 15.7. The Morgan fingerprint density at radius 2 is 1.73 bits per heavy atom. The number of carbonyl (C=O) groups excluding carboxylic acids is 2. The predicted octanol–water partition coefficient (Wildman–Crippen LogP) is 2.99. The minimum absolute atomic E-state index is 0.175. The molecule has 0 saturated carbocycles. The van der Waals surface area contributed by atoms with Gasteiger partial charge < -0.3 is 15.8 Å². The number of nitrogens with zero attached hydrogens (tertiary/aromatic N) is 2. The fourth-order valence-electron chi connectivity index (χ4n) is 4.28. The molecular formula is C22H25F3N4O3S. The number of fused-ring (bicyclic) bond motifs is 1. The van der Waals surface area contributed by atoms with E-state index in [1.807, 2.05) is 4.90 Å². The third kappa shape index (κ3) is 6.04. The van der Waals surface area contributed by atoms with Crippen LogP contribution in [0, 0.1) is 0 Å². The smallest absolute Gasteiger partial charge is 0.406 e. The number of carbonyl (C=O) groups is 2. The molecule has 0 atom stereocenters. The molecule has 7 nitrogen and oxygen atoms in total. The third-order valence-corrected chi connectivity index (χ3v) is 7.02. The minimum atomic E-state index is -4.70. The summed E-state index contributed by atoms with van der Waals surface area (Å²) in [5.74, 6) is -0.917. The fourth-order valence-corrected chi connectivity index (χ4v) is 5.59. The number of aryl methyl sites for hydroxylation is 1. The van der Waals surface area contributed by atoms with Gasteiger partial charge in [0, 0.05) is 37.6 Å². The van der Waals surface area contributed by atoms with Gasteiger partial charge in [-0.25, -0.2) is 0 Å². The van der Waals surface area contributed by atoms with Crippen LogP contribution in [-0.4, -0.2) is 60.7 Å². The van der Waals surface area contributed by atoms with Crippen molar-refractivity contribution in [2.24, 2.45) is 5.73 Å².